The zero-order chi connectivity index (χ0) is 14.1. The van der Waals surface area contributed by atoms with Crippen molar-refractivity contribution >= 4 is 11.6 Å². The van der Waals surface area contributed by atoms with Crippen LogP contribution in [0.15, 0.2) is 12.1 Å². The fourth-order valence-electron chi connectivity index (χ4n) is 2.83. The maximum atomic E-state index is 6.23. The van der Waals surface area contributed by atoms with Crippen molar-refractivity contribution in [3.63, 3.8) is 0 Å². The molecule has 0 radical (unpaired) electrons. The molecule has 1 aromatic rings. The Bertz CT molecular complexity index is 498. The highest BCUT2D eigenvalue weighted by Crippen LogP contribution is 2.40. The van der Waals surface area contributed by atoms with Crippen LogP contribution < -0.4 is 15.2 Å². The number of halogens is 1. The van der Waals surface area contributed by atoms with Crippen LogP contribution in [-0.2, 0) is 6.54 Å². The molecule has 2 aliphatic rings. The summed E-state index contributed by atoms with van der Waals surface area (Å²) in [5.41, 5.74) is 7.03. The topological polar surface area (TPSA) is 51.0 Å². The Balaban J connectivity index is 1.76. The van der Waals surface area contributed by atoms with Gasteiger partial charge in [-0.1, -0.05) is 11.6 Å². The van der Waals surface area contributed by atoms with Gasteiger partial charge < -0.3 is 20.1 Å². The number of hydrogen-bond donors (Lipinski definition) is 1. The molecule has 2 N–H and O–H groups in total. The van der Waals surface area contributed by atoms with Crippen molar-refractivity contribution in [1.82, 2.24) is 9.80 Å². The van der Waals surface area contributed by atoms with E-state index in [1.807, 2.05) is 12.1 Å². The number of nitrogens with zero attached hydrogens (tertiary/aromatic N) is 2. The van der Waals surface area contributed by atoms with Crippen LogP contribution in [0.3, 0.4) is 0 Å². The highest BCUT2D eigenvalue weighted by atomic mass is 35.5. The van der Waals surface area contributed by atoms with E-state index in [1.54, 1.807) is 0 Å². The van der Waals surface area contributed by atoms with Gasteiger partial charge in [-0.2, -0.15) is 0 Å². The number of ether oxygens (including phenoxy) is 2. The van der Waals surface area contributed by atoms with Crippen molar-refractivity contribution < 1.29 is 9.47 Å². The first-order valence-electron chi connectivity index (χ1n) is 6.88. The quantitative estimate of drug-likeness (QED) is 0.907. The van der Waals surface area contributed by atoms with Crippen molar-refractivity contribution in [2.75, 3.05) is 40.0 Å². The van der Waals surface area contributed by atoms with Crippen LogP contribution in [0.2, 0.25) is 5.02 Å². The van der Waals surface area contributed by atoms with E-state index >= 15 is 0 Å². The molecule has 3 rings (SSSR count). The lowest BCUT2D eigenvalue weighted by Gasteiger charge is -2.39. The third-order valence-electron chi connectivity index (χ3n) is 3.95. The van der Waals surface area contributed by atoms with Crippen LogP contribution in [0.4, 0.5) is 0 Å². The van der Waals surface area contributed by atoms with Gasteiger partial charge in [-0.3, -0.25) is 4.90 Å². The number of rotatable bonds is 3. The van der Waals surface area contributed by atoms with Crippen LogP contribution in [0.25, 0.3) is 0 Å². The summed E-state index contributed by atoms with van der Waals surface area (Å²) in [5.74, 6) is 1.40. The van der Waals surface area contributed by atoms with Gasteiger partial charge in [0.05, 0.1) is 5.02 Å². The standard InChI is InChI=1S/C14H20ClN3O2/c1-17-2-3-18(11(6-16)8-17)7-10-4-12(15)14-13(5-10)19-9-20-14/h4-5,11H,2-3,6-9,16H2,1H3. The molecule has 2 aliphatic heterocycles. The van der Waals surface area contributed by atoms with Crippen molar-refractivity contribution in [3.05, 3.63) is 22.7 Å². The maximum absolute atomic E-state index is 6.23. The van der Waals surface area contributed by atoms with Gasteiger partial charge in [-0.15, -0.1) is 0 Å². The number of likely N-dealkylation sites (N-methyl/N-ethyl adjacent to an activating group) is 1. The summed E-state index contributed by atoms with van der Waals surface area (Å²) in [5, 5.41) is 0.619. The molecule has 1 saturated heterocycles. The Kier molecular flexibility index (Phi) is 4.03. The molecular formula is C14H20ClN3O2. The molecule has 0 saturated carbocycles. The molecule has 0 aliphatic carbocycles. The average molecular weight is 298 g/mol. The largest absolute Gasteiger partial charge is 0.454 e. The summed E-state index contributed by atoms with van der Waals surface area (Å²) < 4.78 is 10.8. The molecule has 1 aromatic carbocycles. The van der Waals surface area contributed by atoms with Gasteiger partial charge >= 0.3 is 0 Å². The van der Waals surface area contributed by atoms with Gasteiger partial charge in [-0.25, -0.2) is 0 Å². The van der Waals surface area contributed by atoms with Crippen LogP contribution in [0.5, 0.6) is 11.5 Å². The lowest BCUT2D eigenvalue weighted by molar-refractivity contribution is 0.0880. The predicted molar refractivity (Wildman–Crippen MR) is 78.3 cm³/mol. The molecule has 20 heavy (non-hydrogen) atoms. The predicted octanol–water partition coefficient (Wildman–Crippen LogP) is 1.14. The maximum Gasteiger partial charge on any atom is 0.231 e. The zero-order valence-corrected chi connectivity index (χ0v) is 12.4. The molecule has 0 spiro atoms. The van der Waals surface area contributed by atoms with Crippen molar-refractivity contribution in [3.8, 4) is 11.5 Å². The molecule has 0 amide bonds. The average Bonchev–Trinajstić information content (AvgIpc) is 2.89. The molecule has 6 heteroatoms. The Hall–Kier alpha value is -1.01. The number of piperazine rings is 1. The normalized spacial score (nSPS) is 23.2. The highest BCUT2D eigenvalue weighted by Gasteiger charge is 2.25. The minimum Gasteiger partial charge on any atom is -0.454 e. The van der Waals surface area contributed by atoms with Crippen LogP contribution in [0, 0.1) is 0 Å². The molecule has 1 fully saturated rings. The minimum absolute atomic E-state index is 0.248. The fraction of sp³-hybridized carbons (Fsp3) is 0.571. The minimum atomic E-state index is 0.248. The first-order chi connectivity index (χ1) is 9.67. The summed E-state index contributed by atoms with van der Waals surface area (Å²) in [6.07, 6.45) is 0. The van der Waals surface area contributed by atoms with Crippen molar-refractivity contribution in [2.24, 2.45) is 5.73 Å². The van der Waals surface area contributed by atoms with Crippen LogP contribution in [-0.4, -0.2) is 55.9 Å². The van der Waals surface area contributed by atoms with Crippen LogP contribution in [0.1, 0.15) is 5.56 Å². The third kappa shape index (κ3) is 2.72. The molecule has 1 atom stereocenters. The molecule has 2 heterocycles. The van der Waals surface area contributed by atoms with Gasteiger partial charge in [0.25, 0.3) is 0 Å². The van der Waals surface area contributed by atoms with Gasteiger partial charge in [0.15, 0.2) is 11.5 Å². The molecule has 1 unspecified atom stereocenters. The van der Waals surface area contributed by atoms with Gasteiger partial charge in [-0.05, 0) is 24.7 Å². The van der Waals surface area contributed by atoms with E-state index in [4.69, 9.17) is 26.8 Å². The lowest BCUT2D eigenvalue weighted by atomic mass is 10.1. The summed E-state index contributed by atoms with van der Waals surface area (Å²) >= 11 is 6.23. The second-order valence-electron chi connectivity index (χ2n) is 5.43. The van der Waals surface area contributed by atoms with Crippen LogP contribution >= 0.6 is 11.6 Å². The SMILES string of the molecule is CN1CCN(Cc2cc(Cl)c3c(c2)OCO3)C(CN)C1. The highest BCUT2D eigenvalue weighted by molar-refractivity contribution is 6.32. The van der Waals surface area contributed by atoms with E-state index in [9.17, 15) is 0 Å². The van der Waals surface area contributed by atoms with E-state index < -0.39 is 0 Å². The first-order valence-corrected chi connectivity index (χ1v) is 7.26. The van der Waals surface area contributed by atoms with E-state index in [1.165, 1.54) is 0 Å². The first kappa shape index (κ1) is 13.9. The van der Waals surface area contributed by atoms with Gasteiger partial charge in [0.2, 0.25) is 6.79 Å². The van der Waals surface area contributed by atoms with E-state index in [0.717, 1.165) is 37.5 Å². The summed E-state index contributed by atoms with van der Waals surface area (Å²) in [7, 11) is 2.14. The monoisotopic (exact) mass is 297 g/mol. The van der Waals surface area contributed by atoms with Crippen molar-refractivity contribution in [2.45, 2.75) is 12.6 Å². The van der Waals surface area contributed by atoms with Crippen molar-refractivity contribution in [1.29, 1.82) is 0 Å². The summed E-state index contributed by atoms with van der Waals surface area (Å²) in [6.45, 7) is 4.85. The summed E-state index contributed by atoms with van der Waals surface area (Å²) in [4.78, 5) is 4.73. The third-order valence-corrected chi connectivity index (χ3v) is 4.23. The van der Waals surface area contributed by atoms with Gasteiger partial charge in [0.1, 0.15) is 0 Å². The van der Waals surface area contributed by atoms with E-state index in [-0.39, 0.29) is 6.79 Å². The zero-order valence-electron chi connectivity index (χ0n) is 11.6. The Labute approximate surface area is 124 Å². The fourth-order valence-corrected chi connectivity index (χ4v) is 3.11. The smallest absolute Gasteiger partial charge is 0.231 e. The number of hydrogen-bond acceptors (Lipinski definition) is 5. The lowest BCUT2D eigenvalue weighted by Crippen LogP contribution is -2.54. The second kappa shape index (κ2) is 5.77. The van der Waals surface area contributed by atoms with Gasteiger partial charge in [0, 0.05) is 38.8 Å². The van der Waals surface area contributed by atoms with E-state index in [0.29, 0.717) is 23.4 Å². The molecular weight excluding hydrogens is 278 g/mol. The van der Waals surface area contributed by atoms with E-state index in [2.05, 4.69) is 16.8 Å². The molecule has 0 aromatic heterocycles. The Morgan fingerprint density at radius 2 is 2.20 bits per heavy atom. The number of nitrogens with two attached hydrogens (primary N) is 1. The summed E-state index contributed by atoms with van der Waals surface area (Å²) in [6, 6.07) is 4.36. The Morgan fingerprint density at radius 3 is 3.00 bits per heavy atom. The molecule has 110 valence electrons. The number of fused-ring (bicyclic) bond motifs is 1. The Morgan fingerprint density at radius 1 is 1.35 bits per heavy atom. The number of benzene rings is 1. The molecule has 5 nitrogen and oxygen atoms in total. The second-order valence-corrected chi connectivity index (χ2v) is 5.84. The molecule has 0 bridgehead atoms.